The summed E-state index contributed by atoms with van der Waals surface area (Å²) in [6.07, 6.45) is 26.9. The van der Waals surface area contributed by atoms with E-state index in [0.717, 1.165) is 30.1 Å². The average Bonchev–Trinajstić information content (AvgIpc) is 3.33. The van der Waals surface area contributed by atoms with Crippen molar-refractivity contribution in [3.05, 3.63) is 72.3 Å². The monoisotopic (exact) mass is 907 g/mol. The fourth-order valence-corrected chi connectivity index (χ4v) is 5.07. The smallest absolute Gasteiger partial charge is 0.335 e. The molecular formula is C56H106O8. The molecule has 0 fully saturated rings. The van der Waals surface area contributed by atoms with E-state index >= 15 is 0 Å². The van der Waals surface area contributed by atoms with Gasteiger partial charge in [0.1, 0.15) is 0 Å². The van der Waals surface area contributed by atoms with Crippen LogP contribution in [0.5, 0.6) is 0 Å². The van der Waals surface area contributed by atoms with E-state index in [4.69, 9.17) is 29.6 Å². The van der Waals surface area contributed by atoms with Crippen LogP contribution in [0, 0.1) is 29.6 Å². The summed E-state index contributed by atoms with van der Waals surface area (Å²) in [5.74, 6) is 3.51. The molecule has 5 unspecified atom stereocenters. The molecule has 0 aromatic heterocycles. The van der Waals surface area contributed by atoms with Crippen molar-refractivity contribution in [3.63, 3.8) is 0 Å². The number of carbonyl (C=O) groups is 4. The Morgan fingerprint density at radius 3 is 0.906 bits per heavy atom. The van der Waals surface area contributed by atoms with Gasteiger partial charge in [-0.2, -0.15) is 0 Å². The zero-order chi connectivity index (χ0) is 50.5. The first-order valence-electron chi connectivity index (χ1n) is 25.2. The summed E-state index contributed by atoms with van der Waals surface area (Å²) >= 11 is 0. The molecule has 8 nitrogen and oxygen atoms in total. The topological polar surface area (TPSA) is 138 Å². The fourth-order valence-electron chi connectivity index (χ4n) is 5.07. The lowest BCUT2D eigenvalue weighted by Crippen LogP contribution is -2.07. The maximum absolute atomic E-state index is 10.2. The summed E-state index contributed by atoms with van der Waals surface area (Å²) < 4.78 is 4.70. The van der Waals surface area contributed by atoms with Crippen LogP contribution in [-0.2, 0) is 19.1 Å². The van der Waals surface area contributed by atoms with Crippen molar-refractivity contribution >= 4 is 25.4 Å². The number of carbonyl (C=O) groups excluding carboxylic acids is 1. The predicted octanol–water partition coefficient (Wildman–Crippen LogP) is 17.7. The first-order valence-corrected chi connectivity index (χ1v) is 25.2. The summed E-state index contributed by atoms with van der Waals surface area (Å²) in [5.41, 5.74) is 0.331. The Morgan fingerprint density at radius 1 is 0.469 bits per heavy atom. The second-order valence-corrected chi connectivity index (χ2v) is 16.5. The molecule has 5 atom stereocenters. The lowest BCUT2D eigenvalue weighted by molar-refractivity contribution is -0.130. The minimum atomic E-state index is -0.879. The third-order valence-corrected chi connectivity index (χ3v) is 10.6. The van der Waals surface area contributed by atoms with Crippen molar-refractivity contribution in [2.45, 2.75) is 225 Å². The average molecular weight is 907 g/mol. The van der Waals surface area contributed by atoms with Crippen molar-refractivity contribution in [2.24, 2.45) is 29.6 Å². The van der Waals surface area contributed by atoms with Gasteiger partial charge in [0.25, 0.3) is 19.4 Å². The van der Waals surface area contributed by atoms with Crippen LogP contribution >= 0.6 is 0 Å². The fraction of sp³-hybridized carbons (Fsp3) is 0.714. The van der Waals surface area contributed by atoms with Crippen molar-refractivity contribution in [1.82, 2.24) is 0 Å². The molecule has 0 heterocycles. The van der Waals surface area contributed by atoms with Crippen LogP contribution in [0.15, 0.2) is 66.7 Å². The van der Waals surface area contributed by atoms with Crippen LogP contribution in [-0.4, -0.2) is 47.3 Å². The van der Waals surface area contributed by atoms with Crippen LogP contribution in [0.2, 0.25) is 0 Å². The molecule has 8 heteroatoms. The number of rotatable bonds is 24. The van der Waals surface area contributed by atoms with Gasteiger partial charge in [-0.1, -0.05) is 274 Å². The highest BCUT2D eigenvalue weighted by Crippen LogP contribution is 2.13. The zero-order valence-electron chi connectivity index (χ0n) is 44.2. The van der Waals surface area contributed by atoms with Gasteiger partial charge >= 0.3 is 5.97 Å². The molecule has 0 amide bonds. The standard InChI is InChI=1S/C9H18O2.4C8H18.C7H6O2.C6H6.2CH2O2/c1-3-5-6-9(4-2)7-11-8-10;4*1-4-6-7-8(3)5-2;8-7(9)6-4-2-1-3-5-6;1-2-4-6-5-3-1;2*2-1-3/h8-9H,3-7H2,1-2H3;4*8H,4-7H2,1-3H3;1-5H,(H,8,9);1-6H;2*1H,(H,2,3). The van der Waals surface area contributed by atoms with E-state index in [2.05, 4.69) is 96.9 Å². The van der Waals surface area contributed by atoms with E-state index in [0.29, 0.717) is 24.6 Å². The third-order valence-electron chi connectivity index (χ3n) is 10.6. The maximum Gasteiger partial charge on any atom is 0.335 e. The number of aromatic carboxylic acids is 1. The highest BCUT2D eigenvalue weighted by molar-refractivity contribution is 5.87. The van der Waals surface area contributed by atoms with Gasteiger partial charge < -0.3 is 20.1 Å². The highest BCUT2D eigenvalue weighted by Gasteiger charge is 2.05. The summed E-state index contributed by atoms with van der Waals surface area (Å²) in [6, 6.07) is 20.3. The van der Waals surface area contributed by atoms with Gasteiger partial charge in [-0.25, -0.2) is 4.79 Å². The van der Waals surface area contributed by atoms with Crippen LogP contribution in [0.25, 0.3) is 0 Å². The van der Waals surface area contributed by atoms with Crippen molar-refractivity contribution in [1.29, 1.82) is 0 Å². The number of benzene rings is 2. The number of ether oxygens (including phenoxy) is 1. The quantitative estimate of drug-likeness (QED) is 0.0885. The normalized spacial score (nSPS) is 11.5. The van der Waals surface area contributed by atoms with Gasteiger partial charge in [-0.15, -0.1) is 0 Å². The molecule has 2 rings (SSSR count). The molecule has 0 saturated carbocycles. The molecule has 0 saturated heterocycles. The van der Waals surface area contributed by atoms with Crippen molar-refractivity contribution in [3.8, 4) is 0 Å². The van der Waals surface area contributed by atoms with E-state index < -0.39 is 5.97 Å². The Hall–Kier alpha value is -3.68. The molecular weight excluding hydrogens is 801 g/mol. The van der Waals surface area contributed by atoms with Crippen LogP contribution in [0.1, 0.15) is 236 Å². The molecule has 378 valence electrons. The Bertz CT molecular complexity index is 994. The van der Waals surface area contributed by atoms with Gasteiger partial charge in [0.15, 0.2) is 0 Å². The number of carboxylic acids is 1. The molecule has 0 radical (unpaired) electrons. The molecule has 0 aliphatic heterocycles. The number of carboxylic acid groups (broad SMARTS) is 3. The van der Waals surface area contributed by atoms with E-state index in [1.807, 2.05) is 36.4 Å². The largest absolute Gasteiger partial charge is 0.483 e. The Labute approximate surface area is 397 Å². The zero-order valence-corrected chi connectivity index (χ0v) is 44.2. The second kappa shape index (κ2) is 71.0. The first-order chi connectivity index (χ1) is 30.7. The molecule has 3 N–H and O–H groups in total. The lowest BCUT2D eigenvalue weighted by Gasteiger charge is -2.11. The number of unbranched alkanes of at least 4 members (excludes halogenated alkanes) is 5. The molecule has 0 aliphatic rings. The Kier molecular flexibility index (Phi) is 82.8. The van der Waals surface area contributed by atoms with Crippen molar-refractivity contribution < 1.29 is 39.2 Å². The second-order valence-electron chi connectivity index (χ2n) is 16.5. The van der Waals surface area contributed by atoms with Gasteiger partial charge in [0, 0.05) is 0 Å². The molecule has 2 aromatic rings. The predicted molar refractivity (Wildman–Crippen MR) is 278 cm³/mol. The van der Waals surface area contributed by atoms with Gasteiger partial charge in [-0.3, -0.25) is 14.4 Å². The molecule has 0 bridgehead atoms. The maximum atomic E-state index is 10.2. The number of hydrogen-bond acceptors (Lipinski definition) is 5. The Morgan fingerprint density at radius 2 is 0.719 bits per heavy atom. The van der Waals surface area contributed by atoms with E-state index in [-0.39, 0.29) is 12.9 Å². The summed E-state index contributed by atoms with van der Waals surface area (Å²) in [5, 5.41) is 22.2. The van der Waals surface area contributed by atoms with Crippen LogP contribution in [0.4, 0.5) is 0 Å². The van der Waals surface area contributed by atoms with E-state index in [1.165, 1.54) is 122 Å². The highest BCUT2D eigenvalue weighted by atomic mass is 16.5. The lowest BCUT2D eigenvalue weighted by atomic mass is 10.0. The van der Waals surface area contributed by atoms with Gasteiger partial charge in [-0.05, 0) is 48.1 Å². The van der Waals surface area contributed by atoms with E-state index in [1.54, 1.807) is 30.3 Å². The summed E-state index contributed by atoms with van der Waals surface area (Å²) in [4.78, 5) is 36.8. The van der Waals surface area contributed by atoms with Crippen molar-refractivity contribution in [2.75, 3.05) is 6.61 Å². The molecule has 64 heavy (non-hydrogen) atoms. The minimum absolute atomic E-state index is 0.250. The first kappa shape index (κ1) is 74.7. The third kappa shape index (κ3) is 82.1. The van der Waals surface area contributed by atoms with Gasteiger partial charge in [0.2, 0.25) is 0 Å². The van der Waals surface area contributed by atoms with E-state index in [9.17, 15) is 9.59 Å². The number of hydrogen-bond donors (Lipinski definition) is 3. The summed E-state index contributed by atoms with van der Waals surface area (Å²) in [6.45, 7) is 32.3. The minimum Gasteiger partial charge on any atom is -0.483 e. The molecule has 2 aromatic carbocycles. The summed E-state index contributed by atoms with van der Waals surface area (Å²) in [7, 11) is 0. The molecule has 0 aliphatic carbocycles. The molecule has 0 spiro atoms. The Balaban J connectivity index is -0.000000116. The van der Waals surface area contributed by atoms with Gasteiger partial charge in [0.05, 0.1) is 12.2 Å². The SMILES string of the molecule is CCCCC(C)CC.CCCCC(C)CC.CCCCC(C)CC.CCCCC(C)CC.CCCCC(CC)COC=O.O=C(O)c1ccccc1.O=CO.O=CO.c1ccccc1. The van der Waals surface area contributed by atoms with Crippen LogP contribution in [0.3, 0.4) is 0 Å². The van der Waals surface area contributed by atoms with Crippen LogP contribution < -0.4 is 0 Å².